The quantitative estimate of drug-likeness (QED) is 0.374. The minimum absolute atomic E-state index is 0.0835. The molecule has 0 aromatic heterocycles. The molecule has 0 spiro atoms. The molecule has 0 fully saturated rings. The Hall–Kier alpha value is -3.52. The Balaban J connectivity index is 1.63. The van der Waals surface area contributed by atoms with Crippen LogP contribution in [0.1, 0.15) is 42.1 Å². The lowest BCUT2D eigenvalue weighted by molar-refractivity contribution is -0.274. The Morgan fingerprint density at radius 3 is 2.28 bits per heavy atom. The number of anilines is 2. The van der Waals surface area contributed by atoms with Crippen LogP contribution in [0.5, 0.6) is 5.75 Å². The number of carbonyl (C=O) groups excluding carboxylic acids is 2. The molecule has 3 aromatic rings. The summed E-state index contributed by atoms with van der Waals surface area (Å²) in [6.45, 7) is 4.21. The first kappa shape index (κ1) is 25.6. The molecule has 5 nitrogen and oxygen atoms in total. The molecule has 188 valence electrons. The van der Waals surface area contributed by atoms with Crippen LogP contribution in [-0.4, -0.2) is 30.8 Å². The highest BCUT2D eigenvalue weighted by Crippen LogP contribution is 2.41. The minimum Gasteiger partial charge on any atom is -0.406 e. The van der Waals surface area contributed by atoms with E-state index in [1.165, 1.54) is 12.1 Å². The summed E-state index contributed by atoms with van der Waals surface area (Å²) in [5, 5.41) is 0.575. The summed E-state index contributed by atoms with van der Waals surface area (Å²) in [4.78, 5) is 30.4. The van der Waals surface area contributed by atoms with Crippen LogP contribution < -0.4 is 14.5 Å². The van der Waals surface area contributed by atoms with Gasteiger partial charge >= 0.3 is 6.36 Å². The molecule has 1 aliphatic heterocycles. The average Bonchev–Trinajstić information content (AvgIpc) is 2.84. The molecule has 3 aromatic carbocycles. The summed E-state index contributed by atoms with van der Waals surface area (Å²) >= 11 is 6.01. The standard InChI is InChI=1S/C27H24ClF3N2O3/c1-3-32(20-12-10-19(28)11-13-20)26(35)23-16-17(2)33(24-7-5-4-6-22(23)24)25(34)18-8-14-21(15-9-18)36-27(29,30)31/h4-15,17,23H,3,16H2,1-2H3/t17-,23?/m0/s1. The van der Waals surface area contributed by atoms with E-state index in [1.54, 1.807) is 46.2 Å². The lowest BCUT2D eigenvalue weighted by Crippen LogP contribution is -2.46. The van der Waals surface area contributed by atoms with Crippen molar-refractivity contribution in [1.82, 2.24) is 0 Å². The molecule has 9 heteroatoms. The molecule has 1 aliphatic rings. The number of para-hydroxylation sites is 1. The van der Waals surface area contributed by atoms with Gasteiger partial charge in [0.1, 0.15) is 5.75 Å². The summed E-state index contributed by atoms with van der Waals surface area (Å²) in [7, 11) is 0. The number of halogens is 4. The predicted octanol–water partition coefficient (Wildman–Crippen LogP) is 6.81. The zero-order chi connectivity index (χ0) is 26.0. The van der Waals surface area contributed by atoms with Gasteiger partial charge in [-0.25, -0.2) is 0 Å². The van der Waals surface area contributed by atoms with Crippen LogP contribution in [0.15, 0.2) is 72.8 Å². The molecule has 4 rings (SSSR count). The zero-order valence-corrected chi connectivity index (χ0v) is 20.4. The van der Waals surface area contributed by atoms with Crippen molar-refractivity contribution in [2.24, 2.45) is 0 Å². The number of ether oxygens (including phenoxy) is 1. The summed E-state index contributed by atoms with van der Waals surface area (Å²) < 4.78 is 41.4. The molecule has 1 unspecified atom stereocenters. The van der Waals surface area contributed by atoms with E-state index in [9.17, 15) is 22.8 Å². The molecule has 1 heterocycles. The molecular weight excluding hydrogens is 493 g/mol. The number of hydrogen-bond acceptors (Lipinski definition) is 3. The maximum atomic E-state index is 13.7. The zero-order valence-electron chi connectivity index (χ0n) is 19.6. The predicted molar refractivity (Wildman–Crippen MR) is 133 cm³/mol. The third kappa shape index (κ3) is 5.33. The highest BCUT2D eigenvalue weighted by Gasteiger charge is 2.39. The van der Waals surface area contributed by atoms with Crippen molar-refractivity contribution in [2.45, 2.75) is 38.6 Å². The van der Waals surface area contributed by atoms with Crippen LogP contribution in [-0.2, 0) is 4.79 Å². The maximum absolute atomic E-state index is 13.7. The van der Waals surface area contributed by atoms with Gasteiger partial charge in [0, 0.05) is 34.5 Å². The number of likely N-dealkylation sites (N-methyl/N-ethyl adjacent to an activating group) is 1. The molecule has 2 atom stereocenters. The van der Waals surface area contributed by atoms with E-state index >= 15 is 0 Å². The van der Waals surface area contributed by atoms with Gasteiger partial charge in [0.2, 0.25) is 5.91 Å². The molecule has 0 saturated carbocycles. The molecule has 36 heavy (non-hydrogen) atoms. The number of amides is 2. The highest BCUT2D eigenvalue weighted by molar-refractivity contribution is 6.30. The molecule has 2 amide bonds. The summed E-state index contributed by atoms with van der Waals surface area (Å²) in [5.41, 5.74) is 2.27. The van der Waals surface area contributed by atoms with Crippen LogP contribution in [0.4, 0.5) is 24.5 Å². The first-order chi connectivity index (χ1) is 17.1. The van der Waals surface area contributed by atoms with Gasteiger partial charge in [0.05, 0.1) is 5.92 Å². The smallest absolute Gasteiger partial charge is 0.406 e. The lowest BCUT2D eigenvalue weighted by atomic mass is 9.84. The van der Waals surface area contributed by atoms with Crippen LogP contribution in [0.25, 0.3) is 0 Å². The Kier molecular flexibility index (Phi) is 7.26. The van der Waals surface area contributed by atoms with Gasteiger partial charge in [0.15, 0.2) is 0 Å². The second kappa shape index (κ2) is 10.2. The van der Waals surface area contributed by atoms with Gasteiger partial charge in [-0.3, -0.25) is 9.59 Å². The van der Waals surface area contributed by atoms with E-state index in [0.29, 0.717) is 23.7 Å². The van der Waals surface area contributed by atoms with Crippen molar-refractivity contribution in [3.05, 3.63) is 88.9 Å². The highest BCUT2D eigenvalue weighted by atomic mass is 35.5. The molecule has 0 N–H and O–H groups in total. The van der Waals surface area contributed by atoms with Gasteiger partial charge in [-0.05, 0) is 80.4 Å². The summed E-state index contributed by atoms with van der Waals surface area (Å²) in [6, 6.07) is 18.8. The molecule has 0 radical (unpaired) electrons. The van der Waals surface area contributed by atoms with Crippen LogP contribution in [0.2, 0.25) is 5.02 Å². The first-order valence-electron chi connectivity index (χ1n) is 11.4. The van der Waals surface area contributed by atoms with Gasteiger partial charge in [-0.2, -0.15) is 0 Å². The number of hydrogen-bond donors (Lipinski definition) is 0. The van der Waals surface area contributed by atoms with Gasteiger partial charge in [0.25, 0.3) is 5.91 Å². The monoisotopic (exact) mass is 516 g/mol. The van der Waals surface area contributed by atoms with Crippen molar-refractivity contribution in [1.29, 1.82) is 0 Å². The van der Waals surface area contributed by atoms with Crippen molar-refractivity contribution >= 4 is 34.8 Å². The second-order valence-electron chi connectivity index (χ2n) is 8.50. The fourth-order valence-electron chi connectivity index (χ4n) is 4.57. The minimum atomic E-state index is -4.81. The number of fused-ring (bicyclic) bond motifs is 1. The number of carbonyl (C=O) groups is 2. The van der Waals surface area contributed by atoms with E-state index in [-0.39, 0.29) is 23.4 Å². The van der Waals surface area contributed by atoms with E-state index in [0.717, 1.165) is 23.4 Å². The first-order valence-corrected chi connectivity index (χ1v) is 11.8. The SMILES string of the molecule is CCN(C(=O)C1C[C@H](C)N(C(=O)c2ccc(OC(F)(F)F)cc2)c2ccccc21)c1ccc(Cl)cc1. The average molecular weight is 517 g/mol. The Labute approximate surface area is 212 Å². The Bertz CT molecular complexity index is 1250. The largest absolute Gasteiger partial charge is 0.573 e. The van der Waals surface area contributed by atoms with E-state index in [1.807, 2.05) is 26.0 Å². The van der Waals surface area contributed by atoms with Crippen molar-refractivity contribution in [3.63, 3.8) is 0 Å². The second-order valence-corrected chi connectivity index (χ2v) is 8.94. The Morgan fingerprint density at radius 1 is 1.03 bits per heavy atom. The molecule has 0 saturated heterocycles. The number of benzene rings is 3. The third-order valence-electron chi connectivity index (χ3n) is 6.16. The van der Waals surface area contributed by atoms with Gasteiger partial charge in [-0.15, -0.1) is 13.2 Å². The van der Waals surface area contributed by atoms with Crippen molar-refractivity contribution in [2.75, 3.05) is 16.3 Å². The Morgan fingerprint density at radius 2 is 1.67 bits per heavy atom. The van der Waals surface area contributed by atoms with E-state index in [2.05, 4.69) is 4.74 Å². The van der Waals surface area contributed by atoms with Crippen molar-refractivity contribution in [3.8, 4) is 5.75 Å². The van der Waals surface area contributed by atoms with Crippen LogP contribution in [0.3, 0.4) is 0 Å². The summed E-state index contributed by atoms with van der Waals surface area (Å²) in [6.07, 6.45) is -4.42. The number of nitrogens with zero attached hydrogens (tertiary/aromatic N) is 2. The fourth-order valence-corrected chi connectivity index (χ4v) is 4.69. The lowest BCUT2D eigenvalue weighted by Gasteiger charge is -2.40. The topological polar surface area (TPSA) is 49.9 Å². The summed E-state index contributed by atoms with van der Waals surface area (Å²) in [5.74, 6) is -1.33. The van der Waals surface area contributed by atoms with Crippen LogP contribution >= 0.6 is 11.6 Å². The van der Waals surface area contributed by atoms with Crippen molar-refractivity contribution < 1.29 is 27.5 Å². The maximum Gasteiger partial charge on any atom is 0.573 e. The normalized spacial score (nSPS) is 17.3. The molecule has 0 bridgehead atoms. The molecule has 0 aliphatic carbocycles. The van der Waals surface area contributed by atoms with Gasteiger partial charge < -0.3 is 14.5 Å². The fraction of sp³-hybridized carbons (Fsp3) is 0.259. The van der Waals surface area contributed by atoms with E-state index < -0.39 is 18.0 Å². The molecular formula is C27H24ClF3N2O3. The van der Waals surface area contributed by atoms with Gasteiger partial charge in [-0.1, -0.05) is 29.8 Å². The number of rotatable bonds is 5. The number of alkyl halides is 3. The van der Waals surface area contributed by atoms with Crippen LogP contribution in [0, 0.1) is 0 Å². The van der Waals surface area contributed by atoms with E-state index in [4.69, 9.17) is 11.6 Å². The third-order valence-corrected chi connectivity index (χ3v) is 6.41.